The van der Waals surface area contributed by atoms with Gasteiger partial charge in [-0.15, -0.1) is 0 Å². The van der Waals surface area contributed by atoms with E-state index >= 15 is 0 Å². The largest absolute Gasteiger partial charge is 0.466 e. The van der Waals surface area contributed by atoms with Crippen LogP contribution in [-0.4, -0.2) is 59.2 Å². The number of nitrogens with zero attached hydrogens (tertiary/aromatic N) is 2. The fourth-order valence-electron chi connectivity index (χ4n) is 5.63. The molecule has 0 spiro atoms. The molecule has 2 aliphatic rings. The van der Waals surface area contributed by atoms with E-state index in [1.165, 1.54) is 24.3 Å². The predicted octanol–water partition coefficient (Wildman–Crippen LogP) is 5.83. The molecule has 4 aromatic rings. The van der Waals surface area contributed by atoms with Crippen LogP contribution in [0.4, 0.5) is 8.78 Å². The molecular formula is C34H33BrF2N4O6. The van der Waals surface area contributed by atoms with Gasteiger partial charge in [0.05, 0.1) is 42.7 Å². The molecule has 0 bridgehead atoms. The Morgan fingerprint density at radius 3 is 1.96 bits per heavy atom. The second kappa shape index (κ2) is 14.8. The summed E-state index contributed by atoms with van der Waals surface area (Å²) in [5, 5.41) is 5.55. The quantitative estimate of drug-likeness (QED) is 0.222. The van der Waals surface area contributed by atoms with E-state index in [0.29, 0.717) is 59.0 Å². The number of hydrogen-bond donors (Lipinski definition) is 2. The maximum atomic E-state index is 13.5. The van der Waals surface area contributed by atoms with Crippen molar-refractivity contribution in [1.29, 1.82) is 0 Å². The van der Waals surface area contributed by atoms with Gasteiger partial charge in [0.15, 0.2) is 0 Å². The first-order chi connectivity index (χ1) is 22.6. The van der Waals surface area contributed by atoms with Crippen LogP contribution in [0.1, 0.15) is 59.7 Å². The van der Waals surface area contributed by atoms with E-state index < -0.39 is 0 Å². The van der Waals surface area contributed by atoms with E-state index in [1.807, 2.05) is 0 Å². The van der Waals surface area contributed by atoms with Crippen molar-refractivity contribution in [2.75, 3.05) is 26.3 Å². The van der Waals surface area contributed by atoms with Crippen LogP contribution < -0.4 is 10.6 Å². The fourth-order valence-corrected chi connectivity index (χ4v) is 6.46. The molecule has 246 valence electrons. The van der Waals surface area contributed by atoms with Gasteiger partial charge >= 0.3 is 11.9 Å². The van der Waals surface area contributed by atoms with Crippen molar-refractivity contribution in [3.8, 4) is 22.3 Å². The third-order valence-corrected chi connectivity index (χ3v) is 8.56. The van der Waals surface area contributed by atoms with Gasteiger partial charge < -0.3 is 29.2 Å². The monoisotopic (exact) mass is 710 g/mol. The summed E-state index contributed by atoms with van der Waals surface area (Å²) >= 11 is 3.50. The number of halogens is 3. The Bertz CT molecular complexity index is 1820. The zero-order valence-corrected chi connectivity index (χ0v) is 27.3. The summed E-state index contributed by atoms with van der Waals surface area (Å²) in [7, 11) is 0. The van der Waals surface area contributed by atoms with Gasteiger partial charge in [-0.05, 0) is 77.3 Å². The van der Waals surface area contributed by atoms with Crippen molar-refractivity contribution in [2.45, 2.75) is 38.8 Å². The highest BCUT2D eigenvalue weighted by atomic mass is 79.9. The van der Waals surface area contributed by atoms with Crippen molar-refractivity contribution >= 4 is 39.7 Å². The molecule has 47 heavy (non-hydrogen) atoms. The summed E-state index contributed by atoms with van der Waals surface area (Å²) in [6, 6.07) is 15.3. The molecule has 2 aromatic heterocycles. The number of nitrogens with one attached hydrogen (secondary N) is 2. The number of carbonyl (C=O) groups is 4. The summed E-state index contributed by atoms with van der Waals surface area (Å²) in [4.78, 5) is 47.7. The molecule has 0 aliphatic carbocycles. The number of rotatable bonds is 8. The number of aromatic nitrogens is 2. The third kappa shape index (κ3) is 7.62. The van der Waals surface area contributed by atoms with Crippen LogP contribution in [0.2, 0.25) is 0 Å². The Morgan fingerprint density at radius 1 is 0.787 bits per heavy atom. The van der Waals surface area contributed by atoms with Crippen LogP contribution in [0.5, 0.6) is 0 Å². The minimum Gasteiger partial charge on any atom is -0.466 e. The summed E-state index contributed by atoms with van der Waals surface area (Å²) < 4.78 is 41.1. The zero-order valence-electron chi connectivity index (χ0n) is 25.7. The Kier molecular flexibility index (Phi) is 10.5. The number of esters is 2. The molecule has 2 unspecified atom stereocenters. The zero-order chi connectivity index (χ0) is 33.7. The van der Waals surface area contributed by atoms with Gasteiger partial charge in [-0.1, -0.05) is 24.3 Å². The Hall–Kier alpha value is -4.78. The first kappa shape index (κ1) is 33.6. The van der Waals surface area contributed by atoms with Gasteiger partial charge in [-0.3, -0.25) is 19.2 Å². The van der Waals surface area contributed by atoms with Crippen molar-refractivity contribution < 1.29 is 37.4 Å². The van der Waals surface area contributed by atoms with E-state index in [0.717, 1.165) is 5.56 Å². The topological polar surface area (TPSA) is 121 Å². The van der Waals surface area contributed by atoms with Gasteiger partial charge in [0.25, 0.3) is 11.8 Å². The van der Waals surface area contributed by atoms with Crippen LogP contribution in [0.15, 0.2) is 71.5 Å². The van der Waals surface area contributed by atoms with Crippen molar-refractivity contribution in [3.05, 3.63) is 94.5 Å². The number of benzene rings is 2. The Morgan fingerprint density at radius 2 is 1.34 bits per heavy atom. The molecular weight excluding hydrogens is 678 g/mol. The molecule has 2 N–H and O–H groups in total. The highest BCUT2D eigenvalue weighted by Gasteiger charge is 2.31. The molecule has 2 aliphatic heterocycles. The highest BCUT2D eigenvalue weighted by Crippen LogP contribution is 2.37. The first-order valence-corrected chi connectivity index (χ1v) is 15.9. The summed E-state index contributed by atoms with van der Waals surface area (Å²) in [6.07, 6.45) is 2.11. The lowest BCUT2D eigenvalue weighted by molar-refractivity contribution is -0.145. The van der Waals surface area contributed by atoms with Gasteiger partial charge in [0.2, 0.25) is 0 Å². The molecule has 0 fully saturated rings. The second-order valence-corrected chi connectivity index (χ2v) is 11.6. The highest BCUT2D eigenvalue weighted by molar-refractivity contribution is 9.10. The molecule has 0 radical (unpaired) electrons. The van der Waals surface area contributed by atoms with Crippen molar-refractivity contribution in [2.24, 2.45) is 0 Å². The van der Waals surface area contributed by atoms with E-state index in [1.54, 1.807) is 65.6 Å². The molecule has 10 nitrogen and oxygen atoms in total. The van der Waals surface area contributed by atoms with Gasteiger partial charge in [-0.2, -0.15) is 0 Å². The minimum absolute atomic E-state index is 0.150. The molecule has 2 atom stereocenters. The average molecular weight is 712 g/mol. The lowest BCUT2D eigenvalue weighted by Crippen LogP contribution is -2.39. The summed E-state index contributed by atoms with van der Waals surface area (Å²) in [6.45, 7) is 4.84. The summed E-state index contributed by atoms with van der Waals surface area (Å²) in [5.74, 6) is -1.74. The molecule has 2 aromatic carbocycles. The number of fused-ring (bicyclic) bond motifs is 2. The molecule has 13 heteroatoms. The minimum atomic E-state index is -0.351. The van der Waals surface area contributed by atoms with Crippen LogP contribution in [0.3, 0.4) is 0 Å². The number of hydrogen-bond acceptors (Lipinski definition) is 6. The van der Waals surface area contributed by atoms with Crippen molar-refractivity contribution in [1.82, 2.24) is 19.8 Å². The van der Waals surface area contributed by atoms with E-state index in [2.05, 4.69) is 26.6 Å². The number of ether oxygens (including phenoxy) is 2. The van der Waals surface area contributed by atoms with Gasteiger partial charge in [0, 0.05) is 30.4 Å². The molecule has 0 saturated heterocycles. The smallest absolute Gasteiger partial charge is 0.307 e. The molecule has 0 saturated carbocycles. The second-order valence-electron chi connectivity index (χ2n) is 10.9. The van der Waals surface area contributed by atoms with Crippen LogP contribution in [0, 0.1) is 11.6 Å². The predicted molar refractivity (Wildman–Crippen MR) is 173 cm³/mol. The fraction of sp³-hybridized carbons (Fsp3) is 0.294. The number of carbonyl (C=O) groups excluding carboxylic acids is 4. The van der Waals surface area contributed by atoms with E-state index in [4.69, 9.17) is 9.47 Å². The van der Waals surface area contributed by atoms with Crippen LogP contribution in [0.25, 0.3) is 22.3 Å². The standard InChI is InChI=1S/C17H16BrFN2O3.C17H17FN2O3/c1-2-24-15(22)7-12-9-20-17(23)14-8-13(16(18)21(12)14)10-4-3-5-11(19)6-10;1-2-23-16(21)8-14-9-19-17(22)15-7-12(10-20(14)15)11-4-3-5-13(18)6-11/h3-6,8,12H,2,7,9H2,1H3,(H,20,23);3-7,10,14H,2,8-9H2,1H3,(H,19,22). The third-order valence-electron chi connectivity index (χ3n) is 7.75. The lowest BCUT2D eigenvalue weighted by Gasteiger charge is -2.26. The molecule has 6 rings (SSSR count). The SMILES string of the molecule is CCOC(=O)CC1CNC(=O)c2cc(-c3cccc(F)c3)c(Br)n21.CCOC(=O)CC1CNC(=O)c2cc(-c3cccc(F)c3)cn21. The van der Waals surface area contributed by atoms with Gasteiger partial charge in [-0.25, -0.2) is 8.78 Å². The van der Waals surface area contributed by atoms with E-state index in [9.17, 15) is 28.0 Å². The van der Waals surface area contributed by atoms with E-state index in [-0.39, 0.29) is 60.3 Å². The Balaban J connectivity index is 0.000000185. The number of amides is 2. The average Bonchev–Trinajstić information content (AvgIpc) is 3.64. The lowest BCUT2D eigenvalue weighted by atomic mass is 10.1. The summed E-state index contributed by atoms with van der Waals surface area (Å²) in [5.41, 5.74) is 3.69. The maximum Gasteiger partial charge on any atom is 0.307 e. The molecule has 4 heterocycles. The first-order valence-electron chi connectivity index (χ1n) is 15.1. The normalized spacial score (nSPS) is 16.5. The van der Waals surface area contributed by atoms with Crippen LogP contribution >= 0.6 is 15.9 Å². The maximum absolute atomic E-state index is 13.5. The Labute approximate surface area is 278 Å². The van der Waals surface area contributed by atoms with Crippen LogP contribution in [-0.2, 0) is 19.1 Å². The molecule has 2 amide bonds. The van der Waals surface area contributed by atoms with Gasteiger partial charge in [0.1, 0.15) is 23.0 Å². The van der Waals surface area contributed by atoms with Crippen molar-refractivity contribution in [3.63, 3.8) is 0 Å².